The number of anilines is 1. The summed E-state index contributed by atoms with van der Waals surface area (Å²) in [7, 11) is 2.58. The Kier molecular flexibility index (Phi) is 4.64. The third kappa shape index (κ3) is 2.95. The maximum absolute atomic E-state index is 12.7. The quantitative estimate of drug-likeness (QED) is 0.672. The number of thiophene rings is 1. The molecule has 0 saturated heterocycles. The normalized spacial score (nSPS) is 15.3. The lowest BCUT2D eigenvalue weighted by Gasteiger charge is -2.11. The van der Waals surface area contributed by atoms with Gasteiger partial charge in [0.05, 0.1) is 25.7 Å². The van der Waals surface area contributed by atoms with Crippen LogP contribution in [0.5, 0.6) is 0 Å². The van der Waals surface area contributed by atoms with E-state index in [4.69, 9.17) is 13.9 Å². The van der Waals surface area contributed by atoms with Gasteiger partial charge in [-0.1, -0.05) is 18.2 Å². The van der Waals surface area contributed by atoms with E-state index >= 15 is 0 Å². The molecule has 7 nitrogen and oxygen atoms in total. The van der Waals surface area contributed by atoms with Crippen molar-refractivity contribution in [2.75, 3.05) is 19.5 Å². The largest absolute Gasteiger partial charge is 0.469 e. The monoisotopic (exact) mass is 399 g/mol. The Hall–Kier alpha value is -3.13. The first-order valence-electron chi connectivity index (χ1n) is 8.65. The zero-order valence-electron chi connectivity index (χ0n) is 15.2. The van der Waals surface area contributed by atoms with Gasteiger partial charge in [-0.2, -0.15) is 0 Å². The maximum Gasteiger partial charge on any atom is 0.341 e. The molecular formula is C20H17NO6S. The van der Waals surface area contributed by atoms with Crippen LogP contribution in [0.2, 0.25) is 0 Å². The average Bonchev–Trinajstić information content (AvgIpc) is 3.39. The van der Waals surface area contributed by atoms with Gasteiger partial charge in [-0.15, -0.1) is 11.3 Å². The lowest BCUT2D eigenvalue weighted by Crippen LogP contribution is -2.17. The van der Waals surface area contributed by atoms with Gasteiger partial charge in [0.1, 0.15) is 10.6 Å². The van der Waals surface area contributed by atoms with Crippen LogP contribution in [-0.2, 0) is 20.7 Å². The molecule has 0 aliphatic heterocycles. The molecule has 1 aromatic carbocycles. The molecule has 3 aromatic rings. The summed E-state index contributed by atoms with van der Waals surface area (Å²) in [5.41, 5.74) is 1.39. The summed E-state index contributed by atoms with van der Waals surface area (Å²) in [6, 6.07) is 8.93. The highest BCUT2D eigenvalue weighted by atomic mass is 32.1. The molecule has 2 aromatic heterocycles. The first kappa shape index (κ1) is 18.2. The molecule has 0 radical (unpaired) electrons. The molecule has 0 saturated carbocycles. The van der Waals surface area contributed by atoms with Gasteiger partial charge in [-0.3, -0.25) is 9.59 Å². The number of para-hydroxylation sites is 1. The SMILES string of the molecule is COC(=O)c1c(NC(=O)c2cc3ccccc3o2)sc2c1[C@H](C(=O)OC)CC2. The molecule has 1 aliphatic carbocycles. The molecule has 28 heavy (non-hydrogen) atoms. The summed E-state index contributed by atoms with van der Waals surface area (Å²) in [6.45, 7) is 0. The van der Waals surface area contributed by atoms with Crippen LogP contribution in [0.15, 0.2) is 34.7 Å². The van der Waals surface area contributed by atoms with Gasteiger partial charge in [-0.25, -0.2) is 4.79 Å². The predicted molar refractivity (Wildman–Crippen MR) is 103 cm³/mol. The van der Waals surface area contributed by atoms with Gasteiger partial charge in [-0.05, 0) is 30.5 Å². The van der Waals surface area contributed by atoms with E-state index in [2.05, 4.69) is 5.32 Å². The van der Waals surface area contributed by atoms with Crippen LogP contribution in [-0.4, -0.2) is 32.1 Å². The molecule has 4 rings (SSSR count). The molecule has 0 fully saturated rings. The van der Waals surface area contributed by atoms with E-state index in [1.165, 1.54) is 25.6 Å². The van der Waals surface area contributed by atoms with Crippen LogP contribution in [0.3, 0.4) is 0 Å². The Morgan fingerprint density at radius 3 is 2.68 bits per heavy atom. The summed E-state index contributed by atoms with van der Waals surface area (Å²) in [5.74, 6) is -1.89. The Balaban J connectivity index is 1.70. The van der Waals surface area contributed by atoms with E-state index in [1.54, 1.807) is 12.1 Å². The van der Waals surface area contributed by atoms with E-state index < -0.39 is 23.8 Å². The van der Waals surface area contributed by atoms with Crippen molar-refractivity contribution >= 4 is 45.2 Å². The van der Waals surface area contributed by atoms with Crippen LogP contribution >= 0.6 is 11.3 Å². The zero-order chi connectivity index (χ0) is 19.8. The molecule has 1 amide bonds. The van der Waals surface area contributed by atoms with E-state index in [9.17, 15) is 14.4 Å². The smallest absolute Gasteiger partial charge is 0.341 e. The number of carbonyl (C=O) groups excluding carboxylic acids is 3. The van der Waals surface area contributed by atoms with Crippen LogP contribution in [0.1, 0.15) is 43.7 Å². The number of hydrogen-bond acceptors (Lipinski definition) is 7. The highest BCUT2D eigenvalue weighted by molar-refractivity contribution is 7.17. The van der Waals surface area contributed by atoms with Crippen molar-refractivity contribution in [3.63, 3.8) is 0 Å². The van der Waals surface area contributed by atoms with Crippen molar-refractivity contribution < 1.29 is 28.3 Å². The molecular weight excluding hydrogens is 382 g/mol. The first-order valence-corrected chi connectivity index (χ1v) is 9.46. The second-order valence-corrected chi connectivity index (χ2v) is 7.46. The number of aryl methyl sites for hydroxylation is 1. The van der Waals surface area contributed by atoms with Crippen molar-refractivity contribution in [2.45, 2.75) is 18.8 Å². The van der Waals surface area contributed by atoms with Gasteiger partial charge in [0.15, 0.2) is 5.76 Å². The number of rotatable bonds is 4. The molecule has 8 heteroatoms. The number of methoxy groups -OCH3 is 2. The number of nitrogens with one attached hydrogen (secondary N) is 1. The van der Waals surface area contributed by atoms with E-state index in [-0.39, 0.29) is 11.3 Å². The highest BCUT2D eigenvalue weighted by Crippen LogP contribution is 2.46. The van der Waals surface area contributed by atoms with Crippen molar-refractivity contribution in [3.05, 3.63) is 52.1 Å². The number of furan rings is 1. The predicted octanol–water partition coefficient (Wildman–Crippen LogP) is 3.74. The molecule has 1 aliphatic rings. The fourth-order valence-electron chi connectivity index (χ4n) is 3.49. The maximum atomic E-state index is 12.7. The third-order valence-corrected chi connectivity index (χ3v) is 5.96. The minimum Gasteiger partial charge on any atom is -0.469 e. The number of carbonyl (C=O) groups is 3. The van der Waals surface area contributed by atoms with Crippen LogP contribution < -0.4 is 5.32 Å². The van der Waals surface area contributed by atoms with Crippen LogP contribution in [0.25, 0.3) is 11.0 Å². The van der Waals surface area contributed by atoms with Crippen molar-refractivity contribution in [3.8, 4) is 0 Å². The van der Waals surface area contributed by atoms with Crippen molar-refractivity contribution in [2.24, 2.45) is 0 Å². The average molecular weight is 399 g/mol. The summed E-state index contributed by atoms with van der Waals surface area (Å²) < 4.78 is 15.3. The number of amides is 1. The number of benzene rings is 1. The number of ether oxygens (including phenoxy) is 2. The second-order valence-electron chi connectivity index (χ2n) is 6.35. The Morgan fingerprint density at radius 2 is 1.96 bits per heavy atom. The van der Waals surface area contributed by atoms with Gasteiger partial charge >= 0.3 is 11.9 Å². The van der Waals surface area contributed by atoms with Crippen molar-refractivity contribution in [1.29, 1.82) is 0 Å². The Bertz CT molecular complexity index is 1060. The summed E-state index contributed by atoms with van der Waals surface area (Å²) in [6.07, 6.45) is 1.19. The third-order valence-electron chi connectivity index (χ3n) is 4.78. The van der Waals surface area contributed by atoms with Gasteiger partial charge in [0.25, 0.3) is 5.91 Å². The molecule has 0 unspecified atom stereocenters. The van der Waals surface area contributed by atoms with Crippen LogP contribution in [0.4, 0.5) is 5.00 Å². The topological polar surface area (TPSA) is 94.8 Å². The molecule has 1 atom stereocenters. The fourth-order valence-corrected chi connectivity index (χ4v) is 4.75. The van der Waals surface area contributed by atoms with Gasteiger partial charge in [0.2, 0.25) is 0 Å². The summed E-state index contributed by atoms with van der Waals surface area (Å²) in [5, 5.41) is 3.89. The van der Waals surface area contributed by atoms with Gasteiger partial charge < -0.3 is 19.2 Å². The number of esters is 2. The van der Waals surface area contributed by atoms with E-state index in [0.717, 1.165) is 10.3 Å². The molecule has 144 valence electrons. The lowest BCUT2D eigenvalue weighted by molar-refractivity contribution is -0.142. The van der Waals surface area contributed by atoms with Crippen LogP contribution in [0, 0.1) is 0 Å². The molecule has 0 bridgehead atoms. The van der Waals surface area contributed by atoms with E-state index in [1.807, 2.05) is 18.2 Å². The fraction of sp³-hybridized carbons (Fsp3) is 0.250. The Morgan fingerprint density at radius 1 is 1.18 bits per heavy atom. The molecule has 2 heterocycles. The summed E-state index contributed by atoms with van der Waals surface area (Å²) >= 11 is 1.27. The minimum atomic E-state index is -0.604. The second kappa shape index (κ2) is 7.12. The minimum absolute atomic E-state index is 0.134. The molecule has 1 N–H and O–H groups in total. The van der Waals surface area contributed by atoms with E-state index in [0.29, 0.717) is 29.0 Å². The Labute approximate surface area is 164 Å². The number of fused-ring (bicyclic) bond motifs is 2. The lowest BCUT2D eigenvalue weighted by atomic mass is 9.99. The zero-order valence-corrected chi connectivity index (χ0v) is 16.1. The first-order chi connectivity index (χ1) is 13.5. The summed E-state index contributed by atoms with van der Waals surface area (Å²) in [4.78, 5) is 38.1. The van der Waals surface area contributed by atoms with Gasteiger partial charge in [0, 0.05) is 10.3 Å². The standard InChI is InChI=1S/C20H17NO6S/c1-25-19(23)11-7-8-14-15(11)16(20(24)26-2)18(28-14)21-17(22)13-9-10-5-3-4-6-12(10)27-13/h3-6,9,11H,7-8H2,1-2H3,(H,21,22)/t11-/m1/s1. The van der Waals surface area contributed by atoms with Crippen molar-refractivity contribution in [1.82, 2.24) is 0 Å². The number of hydrogen-bond donors (Lipinski definition) is 1. The highest BCUT2D eigenvalue weighted by Gasteiger charge is 2.38. The molecule has 0 spiro atoms.